The minimum absolute atomic E-state index is 0.137. The Balaban J connectivity index is 2.18. The minimum Gasteiger partial charge on any atom is -0.367 e. The van der Waals surface area contributed by atoms with Crippen molar-refractivity contribution in [2.75, 3.05) is 18.0 Å². The van der Waals surface area contributed by atoms with Crippen molar-refractivity contribution in [1.82, 2.24) is 10.2 Å². The maximum absolute atomic E-state index is 9.26. The van der Waals surface area contributed by atoms with Gasteiger partial charge in [0.05, 0.1) is 11.2 Å². The predicted molar refractivity (Wildman–Crippen MR) is 73.6 cm³/mol. The summed E-state index contributed by atoms with van der Waals surface area (Å²) in [6.45, 7) is 3.74. The van der Waals surface area contributed by atoms with Gasteiger partial charge < -0.3 is 10.6 Å². The van der Waals surface area contributed by atoms with E-state index in [0.29, 0.717) is 11.6 Å². The molecular formula is C14H15N5. The Morgan fingerprint density at radius 3 is 2.79 bits per heavy atom. The summed E-state index contributed by atoms with van der Waals surface area (Å²) in [6, 6.07) is 10.0. The molecule has 1 aromatic carbocycles. The van der Waals surface area contributed by atoms with Crippen molar-refractivity contribution in [2.45, 2.75) is 13.0 Å². The zero-order chi connectivity index (χ0) is 13.4. The van der Waals surface area contributed by atoms with E-state index in [1.165, 1.54) is 0 Å². The summed E-state index contributed by atoms with van der Waals surface area (Å²) in [5.41, 5.74) is 8.13. The molecule has 1 aromatic heterocycles. The van der Waals surface area contributed by atoms with Gasteiger partial charge in [0.2, 0.25) is 0 Å². The number of nitriles is 1. The zero-order valence-electron chi connectivity index (χ0n) is 10.7. The molecule has 19 heavy (non-hydrogen) atoms. The maximum Gasteiger partial charge on any atom is 0.187 e. The lowest BCUT2D eigenvalue weighted by Crippen LogP contribution is -2.29. The Morgan fingerprint density at radius 2 is 2.11 bits per heavy atom. The fourth-order valence-electron chi connectivity index (χ4n) is 2.61. The molecule has 1 fully saturated rings. The predicted octanol–water partition coefficient (Wildman–Crippen LogP) is 1.28. The molecule has 2 atom stereocenters. The number of nitrogens with two attached hydrogens (primary N) is 1. The van der Waals surface area contributed by atoms with Gasteiger partial charge in [-0.05, 0) is 12.0 Å². The van der Waals surface area contributed by atoms with Crippen molar-refractivity contribution in [2.24, 2.45) is 11.7 Å². The van der Waals surface area contributed by atoms with Gasteiger partial charge >= 0.3 is 0 Å². The fraction of sp³-hybridized carbons (Fsp3) is 0.357. The topological polar surface area (TPSA) is 78.8 Å². The third-order valence-electron chi connectivity index (χ3n) is 3.73. The van der Waals surface area contributed by atoms with Crippen molar-refractivity contribution >= 4 is 16.6 Å². The average molecular weight is 253 g/mol. The van der Waals surface area contributed by atoms with Crippen molar-refractivity contribution < 1.29 is 0 Å². The van der Waals surface area contributed by atoms with Gasteiger partial charge in [-0.1, -0.05) is 25.1 Å². The first-order valence-electron chi connectivity index (χ1n) is 6.36. The van der Waals surface area contributed by atoms with Gasteiger partial charge in [0.25, 0.3) is 0 Å². The van der Waals surface area contributed by atoms with Crippen LogP contribution in [0, 0.1) is 17.2 Å². The Bertz CT molecular complexity index is 650. The van der Waals surface area contributed by atoms with Gasteiger partial charge in [0.1, 0.15) is 6.07 Å². The summed E-state index contributed by atoms with van der Waals surface area (Å²) in [5, 5.41) is 18.3. The standard InChI is InChI=1S/C14H15N5/c1-9-7-19(8-11(9)16)14-10-4-2-3-5-12(10)17-18-13(14)6-15/h2-5,9,11H,7-8,16H2,1H3. The SMILES string of the molecule is CC1CN(c2c(C#N)nnc3ccccc23)CC1N. The third-order valence-corrected chi connectivity index (χ3v) is 3.73. The second kappa shape index (κ2) is 4.48. The van der Waals surface area contributed by atoms with E-state index in [-0.39, 0.29) is 6.04 Å². The molecule has 1 aliphatic heterocycles. The monoisotopic (exact) mass is 253 g/mol. The molecule has 2 heterocycles. The van der Waals surface area contributed by atoms with Crippen LogP contribution >= 0.6 is 0 Å². The average Bonchev–Trinajstić information content (AvgIpc) is 2.77. The summed E-state index contributed by atoms with van der Waals surface area (Å²) in [6.07, 6.45) is 0. The highest BCUT2D eigenvalue weighted by Gasteiger charge is 2.29. The van der Waals surface area contributed by atoms with Crippen LogP contribution in [0.25, 0.3) is 10.9 Å². The molecule has 2 unspecified atom stereocenters. The Hall–Kier alpha value is -2.19. The minimum atomic E-state index is 0.137. The lowest BCUT2D eigenvalue weighted by molar-refractivity contribution is 0.566. The first-order valence-corrected chi connectivity index (χ1v) is 6.36. The van der Waals surface area contributed by atoms with E-state index in [1.807, 2.05) is 24.3 Å². The van der Waals surface area contributed by atoms with Gasteiger partial charge in [-0.15, -0.1) is 10.2 Å². The molecule has 0 radical (unpaired) electrons. The molecule has 0 saturated carbocycles. The molecule has 1 saturated heterocycles. The Morgan fingerprint density at radius 1 is 1.32 bits per heavy atom. The number of fused-ring (bicyclic) bond motifs is 1. The van der Waals surface area contributed by atoms with E-state index in [4.69, 9.17) is 5.73 Å². The van der Waals surface area contributed by atoms with Crippen LogP contribution < -0.4 is 10.6 Å². The molecule has 0 amide bonds. The molecule has 3 rings (SSSR count). The second-order valence-corrected chi connectivity index (χ2v) is 5.07. The highest BCUT2D eigenvalue weighted by Crippen LogP contribution is 2.31. The molecule has 2 N–H and O–H groups in total. The summed E-state index contributed by atoms with van der Waals surface area (Å²) < 4.78 is 0. The van der Waals surface area contributed by atoms with E-state index >= 15 is 0 Å². The van der Waals surface area contributed by atoms with Crippen LogP contribution in [0.4, 0.5) is 5.69 Å². The molecule has 0 bridgehead atoms. The second-order valence-electron chi connectivity index (χ2n) is 5.07. The largest absolute Gasteiger partial charge is 0.367 e. The van der Waals surface area contributed by atoms with Gasteiger partial charge in [-0.2, -0.15) is 5.26 Å². The number of nitrogens with zero attached hydrogens (tertiary/aromatic N) is 4. The van der Waals surface area contributed by atoms with Gasteiger partial charge in [-0.25, -0.2) is 0 Å². The molecule has 96 valence electrons. The summed E-state index contributed by atoms with van der Waals surface area (Å²) in [7, 11) is 0. The van der Waals surface area contributed by atoms with Crippen LogP contribution in [-0.4, -0.2) is 29.3 Å². The lowest BCUT2D eigenvalue weighted by Gasteiger charge is -2.20. The van der Waals surface area contributed by atoms with Crippen LogP contribution in [0.2, 0.25) is 0 Å². The zero-order valence-corrected chi connectivity index (χ0v) is 10.7. The quantitative estimate of drug-likeness (QED) is 0.828. The fourth-order valence-corrected chi connectivity index (χ4v) is 2.61. The summed E-state index contributed by atoms with van der Waals surface area (Å²) >= 11 is 0. The summed E-state index contributed by atoms with van der Waals surface area (Å²) in [4.78, 5) is 2.16. The van der Waals surface area contributed by atoms with Gasteiger partial charge in [-0.3, -0.25) is 0 Å². The number of aromatic nitrogens is 2. The van der Waals surface area contributed by atoms with Crippen molar-refractivity contribution in [3.8, 4) is 6.07 Å². The highest BCUT2D eigenvalue weighted by atomic mass is 15.2. The van der Waals surface area contributed by atoms with E-state index in [9.17, 15) is 5.26 Å². The van der Waals surface area contributed by atoms with E-state index in [0.717, 1.165) is 29.7 Å². The van der Waals surface area contributed by atoms with Crippen molar-refractivity contribution in [1.29, 1.82) is 5.26 Å². The van der Waals surface area contributed by atoms with Crippen LogP contribution in [-0.2, 0) is 0 Å². The van der Waals surface area contributed by atoms with Gasteiger partial charge in [0, 0.05) is 24.5 Å². The summed E-state index contributed by atoms with van der Waals surface area (Å²) in [5.74, 6) is 0.415. The van der Waals surface area contributed by atoms with Crippen molar-refractivity contribution in [3.63, 3.8) is 0 Å². The van der Waals surface area contributed by atoms with E-state index in [1.54, 1.807) is 0 Å². The first kappa shape index (κ1) is 11.9. The molecule has 5 nitrogen and oxygen atoms in total. The van der Waals surface area contributed by atoms with Gasteiger partial charge in [0.15, 0.2) is 5.69 Å². The third kappa shape index (κ3) is 1.90. The smallest absolute Gasteiger partial charge is 0.187 e. The Labute approximate surface area is 111 Å². The van der Waals surface area contributed by atoms with E-state index < -0.39 is 0 Å². The molecule has 0 spiro atoms. The lowest BCUT2D eigenvalue weighted by atomic mass is 10.1. The van der Waals surface area contributed by atoms with Crippen LogP contribution in [0.15, 0.2) is 24.3 Å². The van der Waals surface area contributed by atoms with Crippen LogP contribution in [0.3, 0.4) is 0 Å². The van der Waals surface area contributed by atoms with E-state index in [2.05, 4.69) is 28.1 Å². The molecular weight excluding hydrogens is 238 g/mol. The molecule has 5 heteroatoms. The highest BCUT2D eigenvalue weighted by molar-refractivity contribution is 5.93. The van der Waals surface area contributed by atoms with Crippen molar-refractivity contribution in [3.05, 3.63) is 30.0 Å². The normalized spacial score (nSPS) is 22.7. The number of hydrogen-bond donors (Lipinski definition) is 1. The van der Waals surface area contributed by atoms with Crippen LogP contribution in [0.5, 0.6) is 0 Å². The molecule has 2 aromatic rings. The molecule has 0 aliphatic carbocycles. The van der Waals surface area contributed by atoms with Crippen LogP contribution in [0.1, 0.15) is 12.6 Å². The number of benzene rings is 1. The number of hydrogen-bond acceptors (Lipinski definition) is 5. The number of rotatable bonds is 1. The first-order chi connectivity index (χ1) is 9.20. The Kier molecular flexibility index (Phi) is 2.80. The number of anilines is 1. The molecule has 1 aliphatic rings. The maximum atomic E-state index is 9.26.